The molecule has 3 aliphatic rings. The van der Waals surface area contributed by atoms with E-state index in [4.69, 9.17) is 14.2 Å². The van der Waals surface area contributed by atoms with Gasteiger partial charge in [-0.1, -0.05) is 36.4 Å². The van der Waals surface area contributed by atoms with E-state index in [1.807, 2.05) is 55.5 Å². The lowest BCUT2D eigenvalue weighted by atomic mass is 9.85. The summed E-state index contributed by atoms with van der Waals surface area (Å²) in [4.78, 5) is 29.0. The Labute approximate surface area is 222 Å². The van der Waals surface area contributed by atoms with Crippen molar-refractivity contribution in [3.05, 3.63) is 102 Å². The number of carbonyl (C=O) groups excluding carboxylic acids is 2. The molecule has 2 fully saturated rings. The van der Waals surface area contributed by atoms with Crippen molar-refractivity contribution in [2.75, 3.05) is 25.7 Å². The zero-order valence-electron chi connectivity index (χ0n) is 21.6. The van der Waals surface area contributed by atoms with E-state index >= 15 is 0 Å². The molecule has 38 heavy (non-hydrogen) atoms. The molecule has 0 radical (unpaired) electrons. The summed E-state index contributed by atoms with van der Waals surface area (Å²) in [5.41, 5.74) is 4.82. The molecule has 192 valence electrons. The predicted molar refractivity (Wildman–Crippen MR) is 145 cm³/mol. The van der Waals surface area contributed by atoms with Crippen LogP contribution in [0.4, 0.5) is 5.69 Å². The fourth-order valence-electron chi connectivity index (χ4n) is 6.22. The second-order valence-corrected chi connectivity index (χ2v) is 9.71. The van der Waals surface area contributed by atoms with Crippen LogP contribution in [0.2, 0.25) is 0 Å². The van der Waals surface area contributed by atoms with E-state index in [1.165, 1.54) is 4.90 Å². The molecule has 6 rings (SSSR count). The van der Waals surface area contributed by atoms with Crippen molar-refractivity contribution in [3.63, 3.8) is 0 Å². The van der Waals surface area contributed by atoms with Gasteiger partial charge in [-0.25, -0.2) is 4.90 Å². The van der Waals surface area contributed by atoms with Crippen LogP contribution in [0, 0.1) is 23.7 Å². The minimum absolute atomic E-state index is 0.137. The van der Waals surface area contributed by atoms with Crippen molar-refractivity contribution in [1.29, 1.82) is 0 Å². The number of fused-ring (bicyclic) bond motifs is 5. The molecule has 2 amide bonds. The molecule has 0 N–H and O–H groups in total. The zero-order chi connectivity index (χ0) is 26.4. The molecule has 1 heterocycles. The highest BCUT2D eigenvalue weighted by Gasteiger charge is 2.62. The lowest BCUT2D eigenvalue weighted by Gasteiger charge is -2.22. The highest BCUT2D eigenvalue weighted by molar-refractivity contribution is 6.23. The number of hydrogen-bond donors (Lipinski definition) is 0. The molecule has 2 bridgehead atoms. The molecule has 0 spiro atoms. The molecule has 1 aliphatic heterocycles. The largest absolute Gasteiger partial charge is 0.497 e. The van der Waals surface area contributed by atoms with E-state index < -0.39 is 11.8 Å². The fourth-order valence-corrected chi connectivity index (χ4v) is 6.22. The second kappa shape index (κ2) is 9.53. The van der Waals surface area contributed by atoms with Gasteiger partial charge in [-0.2, -0.15) is 0 Å². The van der Waals surface area contributed by atoms with Crippen LogP contribution in [0.5, 0.6) is 17.2 Å². The Balaban J connectivity index is 1.42. The number of ether oxygens (including phenoxy) is 3. The summed E-state index contributed by atoms with van der Waals surface area (Å²) < 4.78 is 16.3. The number of amides is 2. The smallest absolute Gasteiger partial charge is 0.238 e. The summed E-state index contributed by atoms with van der Waals surface area (Å²) in [7, 11) is 3.29. The van der Waals surface area contributed by atoms with Gasteiger partial charge < -0.3 is 14.2 Å². The van der Waals surface area contributed by atoms with Crippen LogP contribution in [0.15, 0.2) is 90.5 Å². The molecule has 3 aromatic carbocycles. The maximum atomic E-state index is 13.8. The van der Waals surface area contributed by atoms with E-state index in [-0.39, 0.29) is 23.7 Å². The molecule has 4 atom stereocenters. The number of allylic oxidation sites excluding steroid dienone is 3. The number of methoxy groups -OCH3 is 2. The molecule has 6 nitrogen and oxygen atoms in total. The van der Waals surface area contributed by atoms with E-state index in [1.54, 1.807) is 38.5 Å². The Kier molecular flexibility index (Phi) is 6.03. The van der Waals surface area contributed by atoms with Crippen molar-refractivity contribution in [2.24, 2.45) is 23.7 Å². The third-order valence-corrected chi connectivity index (χ3v) is 7.87. The lowest BCUT2D eigenvalue weighted by Crippen LogP contribution is -2.33. The normalized spacial score (nSPS) is 23.1. The average Bonchev–Trinajstić information content (AvgIpc) is 3.59. The number of nitrogens with zero attached hydrogens (tertiary/aromatic N) is 1. The molecule has 0 unspecified atom stereocenters. The van der Waals surface area contributed by atoms with Gasteiger partial charge in [0.05, 0.1) is 38.3 Å². The first-order valence-electron chi connectivity index (χ1n) is 12.9. The van der Waals surface area contributed by atoms with Gasteiger partial charge in [-0.3, -0.25) is 9.59 Å². The van der Waals surface area contributed by atoms with Gasteiger partial charge in [0.2, 0.25) is 11.8 Å². The first-order valence-corrected chi connectivity index (χ1v) is 12.9. The topological polar surface area (TPSA) is 65.1 Å². The lowest BCUT2D eigenvalue weighted by molar-refractivity contribution is -0.122. The third-order valence-electron chi connectivity index (χ3n) is 7.87. The minimum atomic E-state index is -0.412. The van der Waals surface area contributed by atoms with Gasteiger partial charge in [-0.15, -0.1) is 0 Å². The molecule has 0 aromatic heterocycles. The van der Waals surface area contributed by atoms with Crippen molar-refractivity contribution in [1.82, 2.24) is 0 Å². The standard InChI is InChI=1S/C32H29NO5/c1-4-38-24-15-9-21(10-16-24)33-31(34)29-25-17-18-26(30(29)32(33)35)28(25)27(19-5-11-22(36-2)12-6-19)20-7-13-23(37-3)14-8-20/h5-18,25-26,29-30H,4H2,1-3H3/t25-,26-,29-,30-/m0/s1. The van der Waals surface area contributed by atoms with Crippen LogP contribution in [0.3, 0.4) is 0 Å². The molecular formula is C32H29NO5. The van der Waals surface area contributed by atoms with Gasteiger partial charge in [0.15, 0.2) is 0 Å². The van der Waals surface area contributed by atoms with E-state index in [0.717, 1.165) is 33.8 Å². The van der Waals surface area contributed by atoms with Crippen LogP contribution >= 0.6 is 0 Å². The van der Waals surface area contributed by atoms with Gasteiger partial charge >= 0.3 is 0 Å². The Bertz CT molecular complexity index is 1350. The molecule has 1 saturated carbocycles. The minimum Gasteiger partial charge on any atom is -0.497 e. The van der Waals surface area contributed by atoms with Gasteiger partial charge in [0.25, 0.3) is 0 Å². The summed E-state index contributed by atoms with van der Waals surface area (Å²) in [5.74, 6) is 0.871. The first-order chi connectivity index (χ1) is 18.5. The van der Waals surface area contributed by atoms with Crippen molar-refractivity contribution in [2.45, 2.75) is 6.92 Å². The average molecular weight is 508 g/mol. The van der Waals surface area contributed by atoms with Crippen LogP contribution in [-0.2, 0) is 9.59 Å². The van der Waals surface area contributed by atoms with Crippen molar-refractivity contribution in [3.8, 4) is 17.2 Å². The third kappa shape index (κ3) is 3.71. The fraction of sp³-hybridized carbons (Fsp3) is 0.250. The highest BCUT2D eigenvalue weighted by atomic mass is 16.5. The van der Waals surface area contributed by atoms with Crippen LogP contribution < -0.4 is 19.1 Å². The Morgan fingerprint density at radius 1 is 0.684 bits per heavy atom. The van der Waals surface area contributed by atoms with Crippen LogP contribution in [-0.4, -0.2) is 32.6 Å². The first kappa shape index (κ1) is 24.0. The van der Waals surface area contributed by atoms with Crippen LogP contribution in [0.25, 0.3) is 5.57 Å². The van der Waals surface area contributed by atoms with Crippen molar-refractivity contribution < 1.29 is 23.8 Å². The van der Waals surface area contributed by atoms with E-state index in [2.05, 4.69) is 12.2 Å². The Morgan fingerprint density at radius 3 is 1.55 bits per heavy atom. The van der Waals surface area contributed by atoms with Crippen molar-refractivity contribution >= 4 is 23.1 Å². The predicted octanol–water partition coefficient (Wildman–Crippen LogP) is 5.53. The number of hydrogen-bond acceptors (Lipinski definition) is 5. The molecule has 2 aliphatic carbocycles. The Morgan fingerprint density at radius 2 is 1.13 bits per heavy atom. The number of anilines is 1. The summed E-state index contributed by atoms with van der Waals surface area (Å²) in [5, 5.41) is 0. The second-order valence-electron chi connectivity index (χ2n) is 9.71. The van der Waals surface area contributed by atoms with Gasteiger partial charge in [-0.05, 0) is 77.7 Å². The summed E-state index contributed by atoms with van der Waals surface area (Å²) in [6.45, 7) is 2.47. The Hall–Kier alpha value is -4.32. The maximum Gasteiger partial charge on any atom is 0.238 e. The SMILES string of the molecule is CCOc1ccc(N2C(=O)[C@@H]3[C@@H](C2=O)[C@H]2C=C[C@H]3C2=C(c2ccc(OC)cc2)c2ccc(OC)cc2)cc1. The summed E-state index contributed by atoms with van der Waals surface area (Å²) in [6.07, 6.45) is 4.22. The highest BCUT2D eigenvalue weighted by Crippen LogP contribution is 2.59. The number of carbonyl (C=O) groups is 2. The molecular weight excluding hydrogens is 478 g/mol. The number of benzene rings is 3. The van der Waals surface area contributed by atoms with E-state index in [0.29, 0.717) is 18.0 Å². The quantitative estimate of drug-likeness (QED) is 0.311. The van der Waals surface area contributed by atoms with Gasteiger partial charge in [0.1, 0.15) is 17.2 Å². The number of imide groups is 1. The van der Waals surface area contributed by atoms with Crippen LogP contribution in [0.1, 0.15) is 18.1 Å². The molecule has 3 aromatic rings. The molecule has 1 saturated heterocycles. The summed E-state index contributed by atoms with van der Waals surface area (Å²) >= 11 is 0. The van der Waals surface area contributed by atoms with Gasteiger partial charge in [0, 0.05) is 11.8 Å². The monoisotopic (exact) mass is 507 g/mol. The summed E-state index contributed by atoms with van der Waals surface area (Å²) in [6, 6.07) is 23.1. The molecule has 6 heteroatoms. The van der Waals surface area contributed by atoms with E-state index in [9.17, 15) is 9.59 Å². The zero-order valence-corrected chi connectivity index (χ0v) is 21.6. The maximum absolute atomic E-state index is 13.8. The number of rotatable bonds is 7.